The fourth-order valence-electron chi connectivity index (χ4n) is 14.7. The topological polar surface area (TPSA) is 134 Å². The zero-order valence-electron chi connectivity index (χ0n) is 43.3. The molecule has 1 saturated heterocycles. The highest BCUT2D eigenvalue weighted by molar-refractivity contribution is 6.45. The number of nitrogens with one attached hydrogen (secondary N) is 1. The summed E-state index contributed by atoms with van der Waals surface area (Å²) in [6.45, 7) is 9.19. The van der Waals surface area contributed by atoms with Crippen LogP contribution in [0.2, 0.25) is 10.0 Å². The van der Waals surface area contributed by atoms with Gasteiger partial charge in [0.2, 0.25) is 5.60 Å². The molecule has 11 rings (SSSR count). The lowest BCUT2D eigenvalue weighted by molar-refractivity contribution is -0.228. The van der Waals surface area contributed by atoms with Crippen molar-refractivity contribution in [2.24, 2.45) is 11.3 Å². The molecule has 12 nitrogen and oxygen atoms in total. The number of benzene rings is 4. The number of rotatable bonds is 10. The van der Waals surface area contributed by atoms with Crippen molar-refractivity contribution in [2.75, 3.05) is 59.5 Å². The van der Waals surface area contributed by atoms with E-state index in [1.165, 1.54) is 26.7 Å². The van der Waals surface area contributed by atoms with Crippen LogP contribution in [0.4, 0.5) is 5.69 Å². The molecule has 6 heterocycles. The van der Waals surface area contributed by atoms with Crippen molar-refractivity contribution in [2.45, 2.75) is 98.4 Å². The Morgan fingerprint density at radius 1 is 0.893 bits per heavy atom. The van der Waals surface area contributed by atoms with Crippen molar-refractivity contribution >= 4 is 80.9 Å². The monoisotopic (exact) mass is 1100 g/mol. The first-order chi connectivity index (χ1) is 36.0. The molecule has 0 amide bonds. The Morgan fingerprint density at radius 3 is 2.28 bits per heavy atom. The smallest absolute Gasteiger partial charge is 0.344 e. The number of aromatic nitrogens is 1. The van der Waals surface area contributed by atoms with E-state index < -0.39 is 50.8 Å². The van der Waals surface area contributed by atoms with E-state index in [0.29, 0.717) is 60.3 Å². The predicted molar refractivity (Wildman–Crippen MR) is 294 cm³/mol. The number of aromatic amines is 1. The Hall–Kier alpha value is -5.05. The minimum atomic E-state index is -2.27. The number of hydrogen-bond donors (Lipinski definition) is 2. The molecule has 2 fully saturated rings. The minimum absolute atomic E-state index is 0.0284. The van der Waals surface area contributed by atoms with Crippen molar-refractivity contribution in [3.8, 4) is 5.75 Å². The SMILES string of the molecule is CCC1=C[C@@H]2CN(C1)Cc1c([nH]c3ccccc13)[C@@](C(=O)OC)(c1cc3c(cc1OC)N(C)[C@H]1[C@@](O)(C(=O)OC)[C@H](OC(C)=O)[C@]4(CC)C=CCN5CC[C@]31[C@@H]54)C2.Clc1ccc(C(c2ccccc2Cl)C(Cl)Cl)cc1. The fraction of sp³-hybridized carbons (Fsp3) is 0.441. The molecular weight excluding hydrogens is 1030 g/mol. The summed E-state index contributed by atoms with van der Waals surface area (Å²) in [7, 11) is 6.22. The number of carbonyl (C=O) groups excluding carboxylic acids is 3. The highest BCUT2D eigenvalue weighted by Crippen LogP contribution is 2.68. The molecule has 4 aromatic carbocycles. The lowest BCUT2D eigenvalue weighted by atomic mass is 9.47. The van der Waals surface area contributed by atoms with Gasteiger partial charge in [0.15, 0.2) is 6.10 Å². The van der Waals surface area contributed by atoms with Gasteiger partial charge in [-0.2, -0.15) is 0 Å². The number of anilines is 1. The van der Waals surface area contributed by atoms with Crippen LogP contribution in [0.15, 0.2) is 109 Å². The summed E-state index contributed by atoms with van der Waals surface area (Å²) < 4.78 is 23.9. The lowest BCUT2D eigenvalue weighted by Gasteiger charge is -2.63. The number of esters is 3. The highest BCUT2D eigenvalue weighted by Gasteiger charge is 2.80. The zero-order valence-corrected chi connectivity index (χ0v) is 46.3. The van der Waals surface area contributed by atoms with E-state index in [0.717, 1.165) is 64.0 Å². The summed E-state index contributed by atoms with van der Waals surface area (Å²) >= 11 is 24.3. The van der Waals surface area contributed by atoms with Gasteiger partial charge in [0.1, 0.15) is 16.0 Å². The third-order valence-electron chi connectivity index (χ3n) is 17.5. The van der Waals surface area contributed by atoms with Crippen molar-refractivity contribution in [1.29, 1.82) is 0 Å². The van der Waals surface area contributed by atoms with Crippen molar-refractivity contribution in [3.63, 3.8) is 0 Å². The molecule has 2 bridgehead atoms. The van der Waals surface area contributed by atoms with Gasteiger partial charge in [-0.15, -0.1) is 23.2 Å². The number of halogens is 4. The number of H-pyrrole nitrogens is 1. The Kier molecular flexibility index (Phi) is 14.5. The maximum absolute atomic E-state index is 15.2. The number of para-hydroxylation sites is 1. The van der Waals surface area contributed by atoms with E-state index in [1.54, 1.807) is 7.11 Å². The molecule has 10 atom stereocenters. The molecular formula is C59H64Cl4N4O8. The van der Waals surface area contributed by atoms with Crippen molar-refractivity contribution in [3.05, 3.63) is 152 Å². The molecule has 5 aromatic rings. The van der Waals surface area contributed by atoms with Crippen LogP contribution in [0.25, 0.3) is 10.9 Å². The predicted octanol–water partition coefficient (Wildman–Crippen LogP) is 10.7. The van der Waals surface area contributed by atoms with Gasteiger partial charge < -0.3 is 33.9 Å². The Bertz CT molecular complexity index is 3110. The van der Waals surface area contributed by atoms with Crippen LogP contribution in [-0.2, 0) is 46.0 Å². The Labute approximate surface area is 458 Å². The first-order valence-electron chi connectivity index (χ1n) is 25.7. The molecule has 2 unspecified atom stereocenters. The van der Waals surface area contributed by atoms with E-state index >= 15 is 4.79 Å². The number of fused-ring (bicyclic) bond motifs is 6. The highest BCUT2D eigenvalue weighted by atomic mass is 35.5. The standard InChI is InChI=1S/C45H54N4O8.C14H10Cl4/c1-8-27-19-28-22-44(40(51)55-6,36-30(25-48(23-27)24-28)29-13-10-11-14-33(29)46-36)32-20-31-34(21-35(32)54-5)47(4)38-43(31)16-18-49-17-12-15-42(9-2,37(43)49)39(57-26(3)50)45(38,53)41(52)56-7;15-10-7-5-9(6-8-10)13(14(17)18)11-3-1-2-4-12(11)16/h10-15,19-21,28,37-39,46,53H,8-9,16-18,22-25H2,1-7H3;1-8,13-14H/t28-,37-,38+,39+,42+,43+,44-,45-;/m0./s1. The van der Waals surface area contributed by atoms with Crippen LogP contribution in [-0.4, -0.2) is 121 Å². The molecule has 75 heavy (non-hydrogen) atoms. The first-order valence-corrected chi connectivity index (χ1v) is 27.4. The number of likely N-dealkylation sites (N-methyl/N-ethyl adjacent to an activating group) is 1. The van der Waals surface area contributed by atoms with Crippen molar-refractivity contribution in [1.82, 2.24) is 14.8 Å². The number of carbonyl (C=O) groups is 3. The van der Waals surface area contributed by atoms with Gasteiger partial charge in [-0.05, 0) is 90.7 Å². The Balaban J connectivity index is 0.000000301. The molecule has 1 aromatic heterocycles. The van der Waals surface area contributed by atoms with E-state index in [-0.39, 0.29) is 23.8 Å². The summed E-state index contributed by atoms with van der Waals surface area (Å²) in [5.41, 5.74) is 2.95. The van der Waals surface area contributed by atoms with Gasteiger partial charge in [-0.3, -0.25) is 19.4 Å². The molecule has 6 aliphatic rings. The van der Waals surface area contributed by atoms with Gasteiger partial charge in [0.25, 0.3) is 0 Å². The van der Waals surface area contributed by atoms with E-state index in [1.807, 2.05) is 85.6 Å². The van der Waals surface area contributed by atoms with Crippen molar-refractivity contribution < 1.29 is 38.4 Å². The quantitative estimate of drug-likeness (QED) is 0.0599. The van der Waals surface area contributed by atoms with E-state index in [9.17, 15) is 14.7 Å². The second-order valence-electron chi connectivity index (χ2n) is 21.1. The summed E-state index contributed by atoms with van der Waals surface area (Å²) in [4.78, 5) is 52.5. The van der Waals surface area contributed by atoms with E-state index in [4.69, 9.17) is 65.4 Å². The maximum Gasteiger partial charge on any atom is 0.344 e. The fourth-order valence-corrected chi connectivity index (χ4v) is 15.6. The second-order valence-corrected chi connectivity index (χ2v) is 23.1. The van der Waals surface area contributed by atoms with Crippen LogP contribution in [0, 0.1) is 11.3 Å². The van der Waals surface area contributed by atoms with Gasteiger partial charge >= 0.3 is 17.9 Å². The third-order valence-corrected chi connectivity index (χ3v) is 18.6. The summed E-state index contributed by atoms with van der Waals surface area (Å²) in [5.74, 6) is -1.48. The van der Waals surface area contributed by atoms with Gasteiger partial charge in [-0.25, -0.2) is 4.79 Å². The summed E-state index contributed by atoms with van der Waals surface area (Å²) in [6, 6.07) is 26.2. The van der Waals surface area contributed by atoms with Crippen LogP contribution in [0.5, 0.6) is 5.75 Å². The summed E-state index contributed by atoms with van der Waals surface area (Å²) in [5, 5.41) is 15.7. The average molecular weight is 1100 g/mol. The molecule has 16 heteroatoms. The van der Waals surface area contributed by atoms with Gasteiger partial charge in [-0.1, -0.05) is 109 Å². The van der Waals surface area contributed by atoms with Crippen LogP contribution in [0.3, 0.4) is 0 Å². The third kappa shape index (κ3) is 8.22. The number of aliphatic hydroxyl groups is 1. The molecule has 0 radical (unpaired) electrons. The normalized spacial score (nSPS) is 29.6. The van der Waals surface area contributed by atoms with E-state index in [2.05, 4.69) is 58.1 Å². The number of alkyl halides is 2. The molecule has 5 aliphatic heterocycles. The molecule has 1 aliphatic carbocycles. The Morgan fingerprint density at radius 2 is 1.61 bits per heavy atom. The maximum atomic E-state index is 15.2. The number of methoxy groups -OCH3 is 3. The van der Waals surface area contributed by atoms with Crippen LogP contribution >= 0.6 is 46.4 Å². The second kappa shape index (κ2) is 20.4. The number of ether oxygens (including phenoxy) is 4. The van der Waals surface area contributed by atoms with Crippen LogP contribution < -0.4 is 9.64 Å². The molecule has 396 valence electrons. The molecule has 2 N–H and O–H groups in total. The average Bonchev–Trinajstić information content (AvgIpc) is 4.20. The zero-order chi connectivity index (χ0) is 53.4. The number of hydrogen-bond acceptors (Lipinski definition) is 11. The molecule has 1 spiro atoms. The molecule has 1 saturated carbocycles. The summed E-state index contributed by atoms with van der Waals surface area (Å²) in [6.07, 6.45) is 7.67. The van der Waals surface area contributed by atoms with Gasteiger partial charge in [0.05, 0.1) is 27.4 Å². The van der Waals surface area contributed by atoms with Crippen LogP contribution in [0.1, 0.15) is 85.9 Å². The van der Waals surface area contributed by atoms with Gasteiger partial charge in [0, 0.05) is 107 Å². The largest absolute Gasteiger partial charge is 0.496 e. The minimum Gasteiger partial charge on any atom is -0.496 e. The number of nitrogens with zero attached hydrogens (tertiary/aromatic N) is 3. The lowest BCUT2D eigenvalue weighted by Crippen LogP contribution is -2.81. The first kappa shape index (κ1) is 53.4.